The molecule has 6 heteroatoms. The van der Waals surface area contributed by atoms with Gasteiger partial charge < -0.3 is 9.47 Å². The summed E-state index contributed by atoms with van der Waals surface area (Å²) in [4.78, 5) is 23.7. The van der Waals surface area contributed by atoms with Gasteiger partial charge in [0.1, 0.15) is 5.82 Å². The van der Waals surface area contributed by atoms with Crippen molar-refractivity contribution in [3.8, 4) is 0 Å². The monoisotopic (exact) mass is 380 g/mol. The van der Waals surface area contributed by atoms with E-state index in [1.165, 1.54) is 5.56 Å². The van der Waals surface area contributed by atoms with Crippen molar-refractivity contribution in [1.29, 1.82) is 0 Å². The van der Waals surface area contributed by atoms with Crippen molar-refractivity contribution >= 4 is 17.2 Å². The lowest BCUT2D eigenvalue weighted by Crippen LogP contribution is -2.39. The van der Waals surface area contributed by atoms with E-state index >= 15 is 0 Å². The Morgan fingerprint density at radius 3 is 2.93 bits per heavy atom. The molecule has 1 fully saturated rings. The molecular weight excluding hydrogens is 356 g/mol. The number of hydrogen-bond donors (Lipinski definition) is 0. The lowest BCUT2D eigenvalue weighted by molar-refractivity contribution is -0.132. The van der Waals surface area contributed by atoms with Crippen LogP contribution in [0.15, 0.2) is 53.6 Å². The predicted molar refractivity (Wildman–Crippen MR) is 107 cm³/mol. The van der Waals surface area contributed by atoms with Crippen molar-refractivity contribution in [3.05, 3.63) is 70.7 Å². The summed E-state index contributed by atoms with van der Waals surface area (Å²) in [6, 6.07) is 10.2. The molecule has 5 nitrogen and oxygen atoms in total. The van der Waals surface area contributed by atoms with E-state index in [4.69, 9.17) is 0 Å². The van der Waals surface area contributed by atoms with E-state index in [9.17, 15) is 4.79 Å². The maximum Gasteiger partial charge on any atom is 0.222 e. The molecule has 0 bridgehead atoms. The van der Waals surface area contributed by atoms with E-state index in [1.54, 1.807) is 11.3 Å². The molecule has 0 spiro atoms. The fourth-order valence-corrected chi connectivity index (χ4v) is 4.32. The number of carbonyl (C=O) groups excluding carboxylic acids is 1. The average Bonchev–Trinajstić information content (AvgIpc) is 3.39. The summed E-state index contributed by atoms with van der Waals surface area (Å²) in [7, 11) is 0. The number of rotatable bonds is 6. The number of imidazole rings is 1. The summed E-state index contributed by atoms with van der Waals surface area (Å²) in [6.07, 6.45) is 7.37. The number of carbonyl (C=O) groups is 1. The van der Waals surface area contributed by atoms with Gasteiger partial charge in [0.2, 0.25) is 5.91 Å². The van der Waals surface area contributed by atoms with E-state index < -0.39 is 0 Å². The van der Waals surface area contributed by atoms with Crippen LogP contribution in [0.2, 0.25) is 0 Å². The van der Waals surface area contributed by atoms with Gasteiger partial charge in [-0.1, -0.05) is 30.3 Å². The molecule has 0 N–H and O–H groups in total. The molecule has 4 rings (SSSR count). The van der Waals surface area contributed by atoms with Crippen molar-refractivity contribution in [2.24, 2.45) is 0 Å². The number of aryl methyl sites for hydroxylation is 1. The van der Waals surface area contributed by atoms with Gasteiger partial charge in [-0.25, -0.2) is 9.97 Å². The smallest absolute Gasteiger partial charge is 0.222 e. The minimum Gasteiger partial charge on any atom is -0.342 e. The van der Waals surface area contributed by atoms with Crippen molar-refractivity contribution < 1.29 is 4.79 Å². The summed E-state index contributed by atoms with van der Waals surface area (Å²) in [5.74, 6) is 1.62. The first-order chi connectivity index (χ1) is 13.3. The molecule has 0 aliphatic carbocycles. The van der Waals surface area contributed by atoms with Gasteiger partial charge in [0.15, 0.2) is 0 Å². The third kappa shape index (κ3) is 4.45. The van der Waals surface area contributed by atoms with Crippen LogP contribution in [0.5, 0.6) is 0 Å². The van der Waals surface area contributed by atoms with Crippen LogP contribution in [0.1, 0.15) is 42.3 Å². The molecule has 1 amide bonds. The summed E-state index contributed by atoms with van der Waals surface area (Å²) in [6.45, 7) is 2.37. The van der Waals surface area contributed by atoms with E-state index in [0.29, 0.717) is 12.3 Å². The Kier molecular flexibility index (Phi) is 5.63. The van der Waals surface area contributed by atoms with Crippen molar-refractivity contribution in [3.63, 3.8) is 0 Å². The average molecular weight is 381 g/mol. The number of nitrogens with zero attached hydrogens (tertiary/aromatic N) is 4. The van der Waals surface area contributed by atoms with Gasteiger partial charge in [-0.3, -0.25) is 4.79 Å². The highest BCUT2D eigenvalue weighted by Gasteiger charge is 2.27. The molecule has 1 saturated heterocycles. The Morgan fingerprint density at radius 2 is 2.11 bits per heavy atom. The lowest BCUT2D eigenvalue weighted by Gasteiger charge is -2.32. The Balaban J connectivity index is 1.38. The quantitative estimate of drug-likeness (QED) is 0.655. The first-order valence-corrected chi connectivity index (χ1v) is 10.4. The molecular formula is C21H24N4OS. The number of likely N-dealkylation sites (tertiary alicyclic amines) is 1. The number of piperidine rings is 1. The summed E-state index contributed by atoms with van der Waals surface area (Å²) >= 11 is 1.61. The zero-order valence-corrected chi connectivity index (χ0v) is 16.1. The molecule has 27 heavy (non-hydrogen) atoms. The highest BCUT2D eigenvalue weighted by molar-refractivity contribution is 7.07. The summed E-state index contributed by atoms with van der Waals surface area (Å²) < 4.78 is 2.18. The maximum atomic E-state index is 12.7. The Bertz CT molecular complexity index is 859. The standard InChI is InChI=1S/C21H24N4OS/c26-20(9-8-17-5-2-1-3-6-17)24-11-4-7-18(13-24)21-22-10-12-25(21)14-19-15-27-16-23-19/h1-3,5-6,10,12,15-16,18H,4,7-9,11,13-14H2/t18-/m0/s1. The fourth-order valence-electron chi connectivity index (χ4n) is 3.77. The second-order valence-corrected chi connectivity index (χ2v) is 7.78. The Morgan fingerprint density at radius 1 is 1.22 bits per heavy atom. The highest BCUT2D eigenvalue weighted by Crippen LogP contribution is 2.27. The number of amides is 1. The Labute approximate surface area is 163 Å². The fraction of sp³-hybridized carbons (Fsp3) is 0.381. The molecule has 3 aromatic rings. The molecule has 140 valence electrons. The van der Waals surface area contributed by atoms with Crippen LogP contribution in [0.25, 0.3) is 0 Å². The SMILES string of the molecule is O=C(CCc1ccccc1)N1CCC[C@H](c2nccn2Cc2cscn2)C1. The van der Waals surface area contributed by atoms with Gasteiger partial charge in [0.05, 0.1) is 17.7 Å². The molecule has 1 aliphatic rings. The first kappa shape index (κ1) is 17.9. The van der Waals surface area contributed by atoms with Crippen LogP contribution in [0.3, 0.4) is 0 Å². The predicted octanol–water partition coefficient (Wildman–Crippen LogP) is 3.73. The van der Waals surface area contributed by atoms with Gasteiger partial charge in [0.25, 0.3) is 0 Å². The van der Waals surface area contributed by atoms with Gasteiger partial charge in [0, 0.05) is 43.2 Å². The van der Waals surface area contributed by atoms with Crippen molar-refractivity contribution in [1.82, 2.24) is 19.4 Å². The summed E-state index contributed by atoms with van der Waals surface area (Å²) in [5.41, 5.74) is 4.14. The zero-order valence-electron chi connectivity index (χ0n) is 15.3. The topological polar surface area (TPSA) is 51.0 Å². The molecule has 2 aromatic heterocycles. The molecule has 0 unspecified atom stereocenters. The van der Waals surface area contributed by atoms with E-state index in [-0.39, 0.29) is 5.91 Å². The van der Waals surface area contributed by atoms with Crippen LogP contribution >= 0.6 is 11.3 Å². The van der Waals surface area contributed by atoms with Crippen molar-refractivity contribution in [2.45, 2.75) is 38.1 Å². The lowest BCUT2D eigenvalue weighted by atomic mass is 9.96. The highest BCUT2D eigenvalue weighted by atomic mass is 32.1. The Hall–Kier alpha value is -2.47. The van der Waals surface area contributed by atoms with Crippen LogP contribution in [-0.2, 0) is 17.8 Å². The molecule has 0 saturated carbocycles. The van der Waals surface area contributed by atoms with Crippen molar-refractivity contribution in [2.75, 3.05) is 13.1 Å². The first-order valence-electron chi connectivity index (χ1n) is 9.49. The minimum atomic E-state index is 0.251. The van der Waals surface area contributed by atoms with E-state index in [1.807, 2.05) is 41.0 Å². The number of aromatic nitrogens is 3. The second kappa shape index (κ2) is 8.48. The normalized spacial score (nSPS) is 17.2. The molecule has 0 radical (unpaired) electrons. The van der Waals surface area contributed by atoms with Crippen LogP contribution in [0.4, 0.5) is 0 Å². The molecule has 3 heterocycles. The third-order valence-corrected chi connectivity index (χ3v) is 5.81. The van der Waals surface area contributed by atoms with Crippen LogP contribution < -0.4 is 0 Å². The largest absolute Gasteiger partial charge is 0.342 e. The maximum absolute atomic E-state index is 12.7. The van der Waals surface area contributed by atoms with Gasteiger partial charge in [-0.15, -0.1) is 11.3 Å². The number of benzene rings is 1. The zero-order chi connectivity index (χ0) is 18.5. The minimum absolute atomic E-state index is 0.251. The van der Waals surface area contributed by atoms with Crippen LogP contribution in [0, 0.1) is 0 Å². The third-order valence-electron chi connectivity index (χ3n) is 5.17. The molecule has 1 atom stereocenters. The second-order valence-electron chi connectivity index (χ2n) is 7.06. The molecule has 1 aliphatic heterocycles. The number of hydrogen-bond acceptors (Lipinski definition) is 4. The van der Waals surface area contributed by atoms with E-state index in [0.717, 1.165) is 50.4 Å². The van der Waals surface area contributed by atoms with Gasteiger partial charge in [-0.2, -0.15) is 0 Å². The molecule has 1 aromatic carbocycles. The van der Waals surface area contributed by atoms with Gasteiger partial charge in [-0.05, 0) is 24.8 Å². The van der Waals surface area contributed by atoms with Gasteiger partial charge >= 0.3 is 0 Å². The van der Waals surface area contributed by atoms with E-state index in [2.05, 4.69) is 32.0 Å². The summed E-state index contributed by atoms with van der Waals surface area (Å²) in [5, 5.41) is 2.07. The van der Waals surface area contributed by atoms with Crippen LogP contribution in [-0.4, -0.2) is 38.4 Å². The number of thiazole rings is 1.